The van der Waals surface area contributed by atoms with Crippen molar-refractivity contribution in [1.29, 1.82) is 5.26 Å². The lowest BCUT2D eigenvalue weighted by Gasteiger charge is -2.09. The number of rotatable bonds is 5. The number of benzene rings is 1. The van der Waals surface area contributed by atoms with E-state index in [-0.39, 0.29) is 29.3 Å². The lowest BCUT2D eigenvalue weighted by Crippen LogP contribution is -2.18. The van der Waals surface area contributed by atoms with Crippen molar-refractivity contribution < 1.29 is 14.1 Å². The van der Waals surface area contributed by atoms with E-state index in [1.165, 1.54) is 24.3 Å². The van der Waals surface area contributed by atoms with Gasteiger partial charge in [-0.1, -0.05) is 0 Å². The summed E-state index contributed by atoms with van der Waals surface area (Å²) in [5.74, 6) is 0.530. The smallest absolute Gasteiger partial charge is 0.269 e. The Hall–Kier alpha value is -2.92. The van der Waals surface area contributed by atoms with Gasteiger partial charge in [-0.25, -0.2) is 0 Å². The number of nitrogens with zero attached hydrogens (tertiary/aromatic N) is 3. The number of non-ortho nitro benzene ring substituents is 1. The number of ether oxygens (including phenoxy) is 1. The van der Waals surface area contributed by atoms with Gasteiger partial charge in [-0.15, -0.1) is 0 Å². The van der Waals surface area contributed by atoms with E-state index in [0.29, 0.717) is 12.1 Å². The molecule has 3 rings (SSSR count). The summed E-state index contributed by atoms with van der Waals surface area (Å²) in [6.45, 7) is 1.30. The molecule has 1 aliphatic heterocycles. The second kappa shape index (κ2) is 6.46. The molecule has 8 heteroatoms. The van der Waals surface area contributed by atoms with Crippen LogP contribution in [0.15, 0.2) is 28.7 Å². The Morgan fingerprint density at radius 3 is 2.83 bits per heavy atom. The maximum absolute atomic E-state index is 10.7. The molecule has 2 heterocycles. The number of nitro groups is 1. The molecule has 1 fully saturated rings. The first-order valence-electron chi connectivity index (χ1n) is 7.18. The average Bonchev–Trinajstić information content (AvgIpc) is 3.22. The van der Waals surface area contributed by atoms with E-state index in [4.69, 9.17) is 14.4 Å². The van der Waals surface area contributed by atoms with Crippen molar-refractivity contribution in [1.82, 2.24) is 4.98 Å². The molecule has 0 radical (unpaired) electrons. The summed E-state index contributed by atoms with van der Waals surface area (Å²) in [5.41, 5.74) is 0.700. The van der Waals surface area contributed by atoms with Crippen LogP contribution < -0.4 is 5.32 Å². The molecule has 1 saturated heterocycles. The van der Waals surface area contributed by atoms with Crippen molar-refractivity contribution in [2.45, 2.75) is 18.9 Å². The molecule has 1 aromatic heterocycles. The quantitative estimate of drug-likeness (QED) is 0.666. The van der Waals surface area contributed by atoms with E-state index in [2.05, 4.69) is 10.3 Å². The molecule has 0 aliphatic carbocycles. The van der Waals surface area contributed by atoms with Gasteiger partial charge in [-0.2, -0.15) is 10.2 Å². The second-order valence-corrected chi connectivity index (χ2v) is 5.13. The highest BCUT2D eigenvalue weighted by atomic mass is 16.6. The van der Waals surface area contributed by atoms with E-state index in [1.54, 1.807) is 0 Å². The molecule has 0 saturated carbocycles. The number of nitro benzene ring substituents is 1. The molecule has 1 aromatic carbocycles. The fraction of sp³-hybridized carbons (Fsp3) is 0.333. The lowest BCUT2D eigenvalue weighted by molar-refractivity contribution is -0.384. The molecule has 1 atom stereocenters. The fourth-order valence-corrected chi connectivity index (χ4v) is 2.38. The van der Waals surface area contributed by atoms with E-state index in [0.717, 1.165) is 19.4 Å². The van der Waals surface area contributed by atoms with Crippen LogP contribution in [0.5, 0.6) is 0 Å². The van der Waals surface area contributed by atoms with Crippen molar-refractivity contribution in [3.8, 4) is 17.5 Å². The Morgan fingerprint density at radius 2 is 2.22 bits per heavy atom. The fourth-order valence-electron chi connectivity index (χ4n) is 2.38. The summed E-state index contributed by atoms with van der Waals surface area (Å²) in [5, 5.41) is 22.9. The van der Waals surface area contributed by atoms with Gasteiger partial charge in [0.05, 0.1) is 11.0 Å². The van der Waals surface area contributed by atoms with E-state index >= 15 is 0 Å². The van der Waals surface area contributed by atoms with Gasteiger partial charge in [0.1, 0.15) is 6.07 Å². The second-order valence-electron chi connectivity index (χ2n) is 5.13. The van der Waals surface area contributed by atoms with Crippen LogP contribution in [-0.2, 0) is 4.74 Å². The molecule has 0 bridgehead atoms. The van der Waals surface area contributed by atoms with Crippen LogP contribution in [0.3, 0.4) is 0 Å². The number of oxazole rings is 1. The number of aromatic nitrogens is 1. The van der Waals surface area contributed by atoms with Crippen molar-refractivity contribution in [3.63, 3.8) is 0 Å². The van der Waals surface area contributed by atoms with Crippen LogP contribution in [0, 0.1) is 21.4 Å². The van der Waals surface area contributed by atoms with Gasteiger partial charge in [-0.05, 0) is 25.0 Å². The first-order valence-corrected chi connectivity index (χ1v) is 7.18. The molecule has 0 amide bonds. The Labute approximate surface area is 131 Å². The topological polar surface area (TPSA) is 114 Å². The predicted octanol–water partition coefficient (Wildman–Crippen LogP) is 2.71. The molecule has 23 heavy (non-hydrogen) atoms. The van der Waals surface area contributed by atoms with Gasteiger partial charge in [0.25, 0.3) is 5.69 Å². The van der Waals surface area contributed by atoms with Crippen LogP contribution in [0.4, 0.5) is 11.6 Å². The molecule has 1 N–H and O–H groups in total. The van der Waals surface area contributed by atoms with Crippen molar-refractivity contribution in [2.24, 2.45) is 0 Å². The van der Waals surface area contributed by atoms with Crippen molar-refractivity contribution in [3.05, 3.63) is 40.1 Å². The zero-order valence-corrected chi connectivity index (χ0v) is 12.2. The average molecular weight is 314 g/mol. The van der Waals surface area contributed by atoms with Gasteiger partial charge in [-0.3, -0.25) is 10.1 Å². The number of nitriles is 1. The molecule has 0 unspecified atom stereocenters. The number of nitrogens with one attached hydrogen (secondary N) is 1. The highest BCUT2D eigenvalue weighted by Crippen LogP contribution is 2.27. The molecule has 0 spiro atoms. The van der Waals surface area contributed by atoms with Crippen molar-refractivity contribution in [2.75, 3.05) is 18.5 Å². The third kappa shape index (κ3) is 3.30. The van der Waals surface area contributed by atoms with E-state index < -0.39 is 4.92 Å². The summed E-state index contributed by atoms with van der Waals surface area (Å²) >= 11 is 0. The zero-order valence-electron chi connectivity index (χ0n) is 12.2. The molecule has 2 aromatic rings. The number of hydrogen-bond acceptors (Lipinski definition) is 7. The molecule has 1 aliphatic rings. The summed E-state index contributed by atoms with van der Waals surface area (Å²) in [4.78, 5) is 14.3. The summed E-state index contributed by atoms with van der Waals surface area (Å²) in [7, 11) is 0. The van der Waals surface area contributed by atoms with Gasteiger partial charge in [0.2, 0.25) is 17.5 Å². The SMILES string of the molecule is N#Cc1nc(-c2ccc([N+](=O)[O-])cc2)oc1NC[C@@H]1CCCO1. The predicted molar refractivity (Wildman–Crippen MR) is 80.8 cm³/mol. The Kier molecular flexibility index (Phi) is 4.21. The Morgan fingerprint density at radius 1 is 1.43 bits per heavy atom. The number of anilines is 1. The third-order valence-corrected chi connectivity index (χ3v) is 3.57. The highest BCUT2D eigenvalue weighted by Gasteiger charge is 2.19. The van der Waals surface area contributed by atoms with E-state index in [9.17, 15) is 10.1 Å². The van der Waals surface area contributed by atoms with Crippen LogP contribution in [0.25, 0.3) is 11.5 Å². The first-order chi connectivity index (χ1) is 11.2. The summed E-state index contributed by atoms with van der Waals surface area (Å²) in [6.07, 6.45) is 2.11. The third-order valence-electron chi connectivity index (χ3n) is 3.57. The normalized spacial score (nSPS) is 16.9. The minimum absolute atomic E-state index is 0.0162. The monoisotopic (exact) mass is 314 g/mol. The van der Waals surface area contributed by atoms with Gasteiger partial charge in [0, 0.05) is 30.8 Å². The number of hydrogen-bond donors (Lipinski definition) is 1. The maximum atomic E-state index is 10.7. The summed E-state index contributed by atoms with van der Waals surface area (Å²) in [6, 6.07) is 7.78. The lowest BCUT2D eigenvalue weighted by atomic mass is 10.2. The molecular formula is C15H14N4O4. The van der Waals surface area contributed by atoms with Crippen LogP contribution >= 0.6 is 0 Å². The van der Waals surface area contributed by atoms with Gasteiger partial charge >= 0.3 is 0 Å². The summed E-state index contributed by atoms with van der Waals surface area (Å²) < 4.78 is 11.1. The highest BCUT2D eigenvalue weighted by molar-refractivity contribution is 5.60. The largest absolute Gasteiger partial charge is 0.419 e. The Balaban J connectivity index is 1.77. The van der Waals surface area contributed by atoms with Crippen molar-refractivity contribution >= 4 is 11.6 Å². The first kappa shape index (κ1) is 15.0. The molecule has 118 valence electrons. The van der Waals surface area contributed by atoms with Crippen LogP contribution in [0.1, 0.15) is 18.5 Å². The van der Waals surface area contributed by atoms with Gasteiger partial charge < -0.3 is 14.5 Å². The maximum Gasteiger partial charge on any atom is 0.269 e. The van der Waals surface area contributed by atoms with Gasteiger partial charge in [0.15, 0.2) is 0 Å². The molecule has 8 nitrogen and oxygen atoms in total. The molecular weight excluding hydrogens is 300 g/mol. The minimum atomic E-state index is -0.478. The minimum Gasteiger partial charge on any atom is -0.419 e. The van der Waals surface area contributed by atoms with Crippen LogP contribution in [0.2, 0.25) is 0 Å². The standard InChI is InChI=1S/C15H14N4O4/c16-8-13-15(17-9-12-2-1-7-22-12)23-14(18-13)10-3-5-11(6-4-10)19(20)21/h3-6,12,17H,1-2,7,9H2/t12-/m0/s1. The Bertz CT molecular complexity index is 742. The zero-order chi connectivity index (χ0) is 16.2. The van der Waals surface area contributed by atoms with Crippen LogP contribution in [-0.4, -0.2) is 29.2 Å². The van der Waals surface area contributed by atoms with E-state index in [1.807, 2.05) is 6.07 Å².